The highest BCUT2D eigenvalue weighted by molar-refractivity contribution is 5.94. The fourth-order valence-electron chi connectivity index (χ4n) is 3.47. The second-order valence-electron chi connectivity index (χ2n) is 5.96. The van der Waals surface area contributed by atoms with Crippen LogP contribution in [-0.4, -0.2) is 35.3 Å². The normalized spacial score (nSPS) is 32.3. The number of hydrogen-bond acceptors (Lipinski definition) is 2. The monoisotopic (exact) mass is 266 g/mol. The number of piperazine rings is 1. The Morgan fingerprint density at radius 3 is 2.42 bits per heavy atom. The maximum absolute atomic E-state index is 12.3. The van der Waals surface area contributed by atoms with Gasteiger partial charge in [0.15, 0.2) is 0 Å². The molecule has 1 saturated heterocycles. The van der Waals surface area contributed by atoms with Crippen molar-refractivity contribution in [2.45, 2.75) is 70.9 Å². The highest BCUT2D eigenvalue weighted by atomic mass is 16.2. The van der Waals surface area contributed by atoms with Crippen LogP contribution >= 0.6 is 0 Å². The molecular formula is C15H26N2O2. The quantitative estimate of drug-likeness (QED) is 0.847. The van der Waals surface area contributed by atoms with Crippen LogP contribution in [0.3, 0.4) is 0 Å². The van der Waals surface area contributed by atoms with Gasteiger partial charge < -0.3 is 10.2 Å². The Labute approximate surface area is 115 Å². The zero-order valence-electron chi connectivity index (χ0n) is 12.2. The minimum Gasteiger partial charge on any atom is -0.343 e. The highest BCUT2D eigenvalue weighted by Gasteiger charge is 2.36. The summed E-state index contributed by atoms with van der Waals surface area (Å²) in [5.74, 6) is 0.958. The van der Waals surface area contributed by atoms with E-state index in [1.807, 2.05) is 11.8 Å². The van der Waals surface area contributed by atoms with Crippen LogP contribution in [-0.2, 0) is 9.59 Å². The zero-order valence-corrected chi connectivity index (χ0v) is 12.2. The van der Waals surface area contributed by atoms with Crippen molar-refractivity contribution in [2.24, 2.45) is 5.92 Å². The molecule has 0 aromatic rings. The summed E-state index contributed by atoms with van der Waals surface area (Å²) >= 11 is 0. The van der Waals surface area contributed by atoms with Gasteiger partial charge in [-0.2, -0.15) is 0 Å². The second kappa shape index (κ2) is 6.40. The summed E-state index contributed by atoms with van der Waals surface area (Å²) in [5.41, 5.74) is 0. The summed E-state index contributed by atoms with van der Waals surface area (Å²) in [6.07, 6.45) is 7.80. The molecule has 2 amide bonds. The third kappa shape index (κ3) is 3.28. The predicted molar refractivity (Wildman–Crippen MR) is 74.6 cm³/mol. The molecule has 108 valence electrons. The number of carbonyl (C=O) groups excluding carboxylic acids is 2. The summed E-state index contributed by atoms with van der Waals surface area (Å²) in [7, 11) is 0. The van der Waals surface area contributed by atoms with E-state index in [2.05, 4.69) is 12.2 Å². The molecule has 1 saturated carbocycles. The molecule has 19 heavy (non-hydrogen) atoms. The van der Waals surface area contributed by atoms with E-state index in [1.54, 1.807) is 0 Å². The first kappa shape index (κ1) is 14.4. The molecule has 0 aromatic carbocycles. The Kier molecular flexibility index (Phi) is 4.83. The summed E-state index contributed by atoms with van der Waals surface area (Å²) in [5, 5.41) is 2.78. The predicted octanol–water partition coefficient (Wildman–Crippen LogP) is 2.08. The highest BCUT2D eigenvalue weighted by Crippen LogP contribution is 2.31. The average molecular weight is 266 g/mol. The van der Waals surface area contributed by atoms with E-state index in [4.69, 9.17) is 0 Å². The van der Waals surface area contributed by atoms with Gasteiger partial charge in [-0.1, -0.05) is 26.7 Å². The summed E-state index contributed by atoms with van der Waals surface area (Å²) in [6, 6.07) is -0.00433. The number of carbonyl (C=O) groups is 2. The number of nitrogens with one attached hydrogen (secondary N) is 1. The van der Waals surface area contributed by atoms with Gasteiger partial charge in [0.1, 0.15) is 6.04 Å². The Balaban J connectivity index is 1.94. The molecule has 4 nitrogen and oxygen atoms in total. The van der Waals surface area contributed by atoms with E-state index in [9.17, 15) is 9.59 Å². The van der Waals surface area contributed by atoms with E-state index in [0.717, 1.165) is 18.8 Å². The van der Waals surface area contributed by atoms with Crippen molar-refractivity contribution in [1.82, 2.24) is 10.2 Å². The molecule has 4 heteroatoms. The van der Waals surface area contributed by atoms with Gasteiger partial charge >= 0.3 is 0 Å². The molecule has 1 aliphatic carbocycles. The molecule has 0 radical (unpaired) electrons. The molecule has 2 fully saturated rings. The van der Waals surface area contributed by atoms with Crippen LogP contribution in [0.25, 0.3) is 0 Å². The van der Waals surface area contributed by atoms with Gasteiger partial charge in [0.05, 0.1) is 6.54 Å². The third-order valence-electron chi connectivity index (χ3n) is 4.59. The largest absolute Gasteiger partial charge is 0.343 e. The fraction of sp³-hybridized carbons (Fsp3) is 0.867. The number of hydrogen-bond donors (Lipinski definition) is 1. The van der Waals surface area contributed by atoms with Crippen molar-refractivity contribution in [2.75, 3.05) is 6.54 Å². The van der Waals surface area contributed by atoms with Crippen molar-refractivity contribution in [3.05, 3.63) is 0 Å². The van der Waals surface area contributed by atoms with Crippen LogP contribution < -0.4 is 5.32 Å². The number of nitrogens with zero attached hydrogens (tertiary/aromatic N) is 1. The van der Waals surface area contributed by atoms with Crippen LogP contribution in [0, 0.1) is 5.92 Å². The molecule has 0 spiro atoms. The van der Waals surface area contributed by atoms with E-state index in [1.165, 1.54) is 25.7 Å². The Hall–Kier alpha value is -1.06. The summed E-state index contributed by atoms with van der Waals surface area (Å²) in [6.45, 7) is 4.44. The zero-order chi connectivity index (χ0) is 13.8. The van der Waals surface area contributed by atoms with Gasteiger partial charge in [0, 0.05) is 6.04 Å². The van der Waals surface area contributed by atoms with Crippen molar-refractivity contribution in [3.8, 4) is 0 Å². The summed E-state index contributed by atoms with van der Waals surface area (Å²) < 4.78 is 0. The topological polar surface area (TPSA) is 49.4 Å². The van der Waals surface area contributed by atoms with E-state index >= 15 is 0 Å². The SMILES string of the molecule is CCCC1CCC(N2CC(=O)NC(CC)C2=O)CC1. The molecule has 1 atom stereocenters. The molecule has 0 bridgehead atoms. The Morgan fingerprint density at radius 1 is 1.16 bits per heavy atom. The van der Waals surface area contributed by atoms with Crippen LogP contribution in [0.5, 0.6) is 0 Å². The first-order valence-electron chi connectivity index (χ1n) is 7.75. The smallest absolute Gasteiger partial charge is 0.245 e. The molecular weight excluding hydrogens is 240 g/mol. The van der Waals surface area contributed by atoms with Gasteiger partial charge in [-0.05, 0) is 38.0 Å². The maximum Gasteiger partial charge on any atom is 0.245 e. The van der Waals surface area contributed by atoms with Crippen molar-refractivity contribution in [1.29, 1.82) is 0 Å². The van der Waals surface area contributed by atoms with Gasteiger partial charge in [-0.3, -0.25) is 9.59 Å². The molecule has 1 heterocycles. The van der Waals surface area contributed by atoms with Crippen LogP contribution in [0.15, 0.2) is 0 Å². The van der Waals surface area contributed by atoms with Crippen LogP contribution in [0.1, 0.15) is 58.8 Å². The first-order chi connectivity index (χ1) is 9.15. The van der Waals surface area contributed by atoms with Gasteiger partial charge in [0.25, 0.3) is 0 Å². The van der Waals surface area contributed by atoms with Crippen molar-refractivity contribution >= 4 is 11.8 Å². The van der Waals surface area contributed by atoms with E-state index in [-0.39, 0.29) is 24.4 Å². The third-order valence-corrected chi connectivity index (χ3v) is 4.59. The van der Waals surface area contributed by atoms with Gasteiger partial charge in [0.2, 0.25) is 11.8 Å². The molecule has 1 unspecified atom stereocenters. The lowest BCUT2D eigenvalue weighted by atomic mass is 9.82. The number of amides is 2. The first-order valence-corrected chi connectivity index (χ1v) is 7.75. The lowest BCUT2D eigenvalue weighted by molar-refractivity contribution is -0.147. The van der Waals surface area contributed by atoms with Gasteiger partial charge in [-0.25, -0.2) is 0 Å². The summed E-state index contributed by atoms with van der Waals surface area (Å²) in [4.78, 5) is 25.9. The molecule has 2 rings (SSSR count). The lowest BCUT2D eigenvalue weighted by Gasteiger charge is -2.40. The standard InChI is InChI=1S/C15H26N2O2/c1-3-5-11-6-8-12(9-7-11)17-10-14(18)16-13(4-2)15(17)19/h11-13H,3-10H2,1-2H3,(H,16,18). The Bertz CT molecular complexity index is 335. The Morgan fingerprint density at radius 2 is 1.84 bits per heavy atom. The van der Waals surface area contributed by atoms with Crippen molar-refractivity contribution in [3.63, 3.8) is 0 Å². The molecule has 2 aliphatic rings. The minimum atomic E-state index is -0.297. The maximum atomic E-state index is 12.3. The second-order valence-corrected chi connectivity index (χ2v) is 5.96. The lowest BCUT2D eigenvalue weighted by Crippen LogP contribution is -2.60. The molecule has 1 aliphatic heterocycles. The average Bonchev–Trinajstić information content (AvgIpc) is 2.42. The minimum absolute atomic E-state index is 0.00197. The van der Waals surface area contributed by atoms with E-state index in [0.29, 0.717) is 12.5 Å². The van der Waals surface area contributed by atoms with Crippen LogP contribution in [0.4, 0.5) is 0 Å². The fourth-order valence-corrected chi connectivity index (χ4v) is 3.47. The number of rotatable bonds is 4. The van der Waals surface area contributed by atoms with Crippen LogP contribution in [0.2, 0.25) is 0 Å². The van der Waals surface area contributed by atoms with Gasteiger partial charge in [-0.15, -0.1) is 0 Å². The van der Waals surface area contributed by atoms with Crippen molar-refractivity contribution < 1.29 is 9.59 Å². The van der Waals surface area contributed by atoms with E-state index < -0.39 is 0 Å². The molecule has 1 N–H and O–H groups in total. The molecule has 0 aromatic heterocycles.